The van der Waals surface area contributed by atoms with Gasteiger partial charge in [-0.25, -0.2) is 9.97 Å². The van der Waals surface area contributed by atoms with Crippen LogP contribution in [0.4, 0.5) is 5.82 Å². The van der Waals surface area contributed by atoms with Crippen LogP contribution in [0.5, 0.6) is 0 Å². The summed E-state index contributed by atoms with van der Waals surface area (Å²) in [5.74, 6) is 1.02. The molecule has 2 N–H and O–H groups in total. The molecule has 0 aliphatic carbocycles. The Hall–Kier alpha value is -0.430. The smallest absolute Gasteiger partial charge is 0.145 e. The quantitative estimate of drug-likeness (QED) is 0.802. The molecule has 1 heterocycles. The van der Waals surface area contributed by atoms with Crippen molar-refractivity contribution >= 4 is 28.4 Å². The average molecular weight is 348 g/mol. The number of rotatable bonds is 6. The number of anilines is 1. The zero-order chi connectivity index (χ0) is 12.9. The normalized spacial score (nSPS) is 11.6. The van der Waals surface area contributed by atoms with Crippen molar-refractivity contribution in [2.75, 3.05) is 24.5 Å². The molecule has 0 aliphatic rings. The van der Waals surface area contributed by atoms with Crippen LogP contribution < -0.4 is 10.6 Å². The number of nitrogens with two attached hydrogens (primary N) is 1. The molecule has 0 saturated carbocycles. The molecule has 5 heteroatoms. The van der Waals surface area contributed by atoms with Crippen LogP contribution in [0.1, 0.15) is 27.2 Å². The first-order valence-corrected chi connectivity index (χ1v) is 6.98. The van der Waals surface area contributed by atoms with Gasteiger partial charge >= 0.3 is 0 Å². The maximum Gasteiger partial charge on any atom is 0.145 e. The van der Waals surface area contributed by atoms with E-state index in [1.54, 1.807) is 6.33 Å². The zero-order valence-electron chi connectivity index (χ0n) is 10.8. The summed E-state index contributed by atoms with van der Waals surface area (Å²) >= 11 is 2.28. The Morgan fingerprint density at radius 2 is 2.18 bits per heavy atom. The second-order valence-electron chi connectivity index (χ2n) is 4.98. The largest absolute Gasteiger partial charge is 0.355 e. The van der Waals surface area contributed by atoms with Crippen LogP contribution in [-0.2, 0) is 0 Å². The van der Waals surface area contributed by atoms with Crippen LogP contribution >= 0.6 is 22.6 Å². The van der Waals surface area contributed by atoms with Crippen molar-refractivity contribution in [2.45, 2.75) is 27.2 Å². The molecule has 0 saturated heterocycles. The molecule has 0 bridgehead atoms. The van der Waals surface area contributed by atoms with E-state index in [2.05, 4.69) is 58.2 Å². The summed E-state index contributed by atoms with van der Waals surface area (Å²) < 4.78 is 1.09. The second kappa shape index (κ2) is 6.49. The minimum atomic E-state index is 0.100. The Labute approximate surface area is 117 Å². The Kier molecular flexibility index (Phi) is 5.58. The summed E-state index contributed by atoms with van der Waals surface area (Å²) in [6, 6.07) is 0. The molecule has 1 aromatic heterocycles. The van der Waals surface area contributed by atoms with E-state index < -0.39 is 0 Å². The predicted octanol–water partition coefficient (Wildman–Crippen LogP) is 2.28. The average Bonchev–Trinajstić information content (AvgIpc) is 2.29. The molecule has 1 rings (SSSR count). The third kappa shape index (κ3) is 4.39. The Morgan fingerprint density at radius 1 is 1.47 bits per heavy atom. The summed E-state index contributed by atoms with van der Waals surface area (Å²) in [5, 5.41) is 0. The van der Waals surface area contributed by atoms with E-state index in [-0.39, 0.29) is 5.41 Å². The van der Waals surface area contributed by atoms with Crippen LogP contribution in [-0.4, -0.2) is 29.6 Å². The van der Waals surface area contributed by atoms with E-state index in [0.29, 0.717) is 6.54 Å². The topological polar surface area (TPSA) is 55.0 Å². The van der Waals surface area contributed by atoms with E-state index >= 15 is 0 Å². The van der Waals surface area contributed by atoms with Gasteiger partial charge in [0.1, 0.15) is 12.1 Å². The van der Waals surface area contributed by atoms with Crippen molar-refractivity contribution < 1.29 is 0 Å². The van der Waals surface area contributed by atoms with Gasteiger partial charge in [0.05, 0.1) is 3.57 Å². The molecule has 0 radical (unpaired) electrons. The highest BCUT2D eigenvalue weighted by Crippen LogP contribution is 2.23. The summed E-state index contributed by atoms with van der Waals surface area (Å²) in [6.07, 6.45) is 4.55. The predicted molar refractivity (Wildman–Crippen MR) is 80.1 cm³/mol. The van der Waals surface area contributed by atoms with Gasteiger partial charge in [-0.1, -0.05) is 20.8 Å². The number of aromatic nitrogens is 2. The fourth-order valence-electron chi connectivity index (χ4n) is 1.65. The van der Waals surface area contributed by atoms with Crippen LogP contribution in [0.2, 0.25) is 0 Å². The first-order chi connectivity index (χ1) is 8.00. The fourth-order valence-corrected chi connectivity index (χ4v) is 2.29. The van der Waals surface area contributed by atoms with Gasteiger partial charge in [0, 0.05) is 19.3 Å². The van der Waals surface area contributed by atoms with Gasteiger partial charge in [-0.3, -0.25) is 0 Å². The van der Waals surface area contributed by atoms with Gasteiger partial charge in [-0.15, -0.1) is 0 Å². The molecule has 4 nitrogen and oxygen atoms in total. The molecule has 0 aromatic carbocycles. The molecule has 17 heavy (non-hydrogen) atoms. The van der Waals surface area contributed by atoms with Gasteiger partial charge in [0.15, 0.2) is 0 Å². The monoisotopic (exact) mass is 348 g/mol. The number of hydrogen-bond donors (Lipinski definition) is 1. The molecule has 1 aromatic rings. The second-order valence-corrected chi connectivity index (χ2v) is 6.15. The van der Waals surface area contributed by atoms with Crippen LogP contribution in [0.25, 0.3) is 0 Å². The van der Waals surface area contributed by atoms with E-state index in [9.17, 15) is 0 Å². The fraction of sp³-hybridized carbons (Fsp3) is 0.667. The van der Waals surface area contributed by atoms with Gasteiger partial charge in [-0.2, -0.15) is 0 Å². The maximum atomic E-state index is 5.81. The molecule has 0 atom stereocenters. The zero-order valence-corrected chi connectivity index (χ0v) is 12.9. The molecule has 0 spiro atoms. The number of hydrogen-bond acceptors (Lipinski definition) is 4. The van der Waals surface area contributed by atoms with Crippen molar-refractivity contribution in [3.8, 4) is 0 Å². The lowest BCUT2D eigenvalue weighted by atomic mass is 9.93. The lowest BCUT2D eigenvalue weighted by molar-refractivity contribution is 0.376. The van der Waals surface area contributed by atoms with Crippen molar-refractivity contribution in [1.82, 2.24) is 9.97 Å². The molecule has 0 unspecified atom stereocenters. The van der Waals surface area contributed by atoms with Gasteiger partial charge in [0.2, 0.25) is 0 Å². The maximum absolute atomic E-state index is 5.81. The molecule has 0 amide bonds. The molecular formula is C12H21IN4. The number of halogens is 1. The summed E-state index contributed by atoms with van der Waals surface area (Å²) in [7, 11) is 0. The van der Waals surface area contributed by atoms with E-state index in [1.807, 2.05) is 6.20 Å². The van der Waals surface area contributed by atoms with Gasteiger partial charge in [-0.05, 0) is 41.0 Å². The summed E-state index contributed by atoms with van der Waals surface area (Å²) in [4.78, 5) is 10.7. The highest BCUT2D eigenvalue weighted by atomic mass is 127. The Balaban J connectivity index is 2.90. The Bertz CT molecular complexity index is 354. The first kappa shape index (κ1) is 14.6. The number of nitrogens with zero attached hydrogens (tertiary/aromatic N) is 3. The van der Waals surface area contributed by atoms with E-state index in [4.69, 9.17) is 5.73 Å². The molecule has 0 fully saturated rings. The van der Waals surface area contributed by atoms with E-state index in [1.165, 1.54) is 0 Å². The van der Waals surface area contributed by atoms with Crippen LogP contribution in [0.3, 0.4) is 0 Å². The van der Waals surface area contributed by atoms with Crippen molar-refractivity contribution in [1.29, 1.82) is 0 Å². The standard InChI is InChI=1S/C12H21IN4/c1-4-5-17(8-12(2,3)7-14)11-10(13)6-15-9-16-11/h6,9H,4-5,7-8,14H2,1-3H3. The highest BCUT2D eigenvalue weighted by Gasteiger charge is 2.22. The summed E-state index contributed by atoms with van der Waals surface area (Å²) in [5.41, 5.74) is 5.91. The lowest BCUT2D eigenvalue weighted by Gasteiger charge is -2.32. The van der Waals surface area contributed by atoms with Gasteiger partial charge < -0.3 is 10.6 Å². The van der Waals surface area contributed by atoms with Gasteiger partial charge in [0.25, 0.3) is 0 Å². The minimum Gasteiger partial charge on any atom is -0.355 e. The SMILES string of the molecule is CCCN(CC(C)(C)CN)c1ncncc1I. The first-order valence-electron chi connectivity index (χ1n) is 5.90. The molecule has 96 valence electrons. The van der Waals surface area contributed by atoms with E-state index in [0.717, 1.165) is 28.9 Å². The minimum absolute atomic E-state index is 0.100. The third-order valence-electron chi connectivity index (χ3n) is 2.61. The van der Waals surface area contributed by atoms with Crippen molar-refractivity contribution in [2.24, 2.45) is 11.1 Å². The highest BCUT2D eigenvalue weighted by molar-refractivity contribution is 14.1. The Morgan fingerprint density at radius 3 is 2.71 bits per heavy atom. The van der Waals surface area contributed by atoms with Crippen LogP contribution in [0, 0.1) is 8.99 Å². The lowest BCUT2D eigenvalue weighted by Crippen LogP contribution is -2.40. The molecule has 0 aliphatic heterocycles. The summed E-state index contributed by atoms with van der Waals surface area (Å²) in [6.45, 7) is 9.14. The molecular weight excluding hydrogens is 327 g/mol. The van der Waals surface area contributed by atoms with Crippen molar-refractivity contribution in [3.63, 3.8) is 0 Å². The van der Waals surface area contributed by atoms with Crippen molar-refractivity contribution in [3.05, 3.63) is 16.1 Å². The van der Waals surface area contributed by atoms with Crippen LogP contribution in [0.15, 0.2) is 12.5 Å². The third-order valence-corrected chi connectivity index (χ3v) is 3.37.